The van der Waals surface area contributed by atoms with Gasteiger partial charge in [-0.25, -0.2) is 4.79 Å². The molecule has 1 fully saturated rings. The highest BCUT2D eigenvalue weighted by atomic mass is 32.1. The van der Waals surface area contributed by atoms with Crippen LogP contribution in [0.1, 0.15) is 15.9 Å². The summed E-state index contributed by atoms with van der Waals surface area (Å²) in [6.45, 7) is 4.23. The molecule has 0 aliphatic carbocycles. The molecule has 0 unspecified atom stereocenters. The minimum Gasteiger partial charge on any atom is -0.386 e. The molecule has 0 spiro atoms. The highest BCUT2D eigenvalue weighted by Crippen LogP contribution is 2.20. The van der Waals surface area contributed by atoms with E-state index < -0.39 is 6.10 Å². The third-order valence-electron chi connectivity index (χ3n) is 3.96. The number of hydrogen-bond donors (Lipinski definition) is 2. The Morgan fingerprint density at radius 1 is 1.17 bits per heavy atom. The Morgan fingerprint density at radius 3 is 2.57 bits per heavy atom. The smallest absolute Gasteiger partial charge is 0.317 e. The highest BCUT2D eigenvalue weighted by molar-refractivity contribution is 7.10. The Labute approximate surface area is 144 Å². The first-order chi connectivity index (χ1) is 11.2. The van der Waals surface area contributed by atoms with Crippen molar-refractivity contribution in [1.82, 2.24) is 15.1 Å². The lowest BCUT2D eigenvalue weighted by Gasteiger charge is -2.35. The Hall–Kier alpha value is -1.41. The third kappa shape index (κ3) is 4.54. The average molecular weight is 351 g/mol. The van der Waals surface area contributed by atoms with Gasteiger partial charge >= 0.3 is 6.03 Å². The van der Waals surface area contributed by atoms with Crippen molar-refractivity contribution in [2.75, 3.05) is 32.7 Å². The molecule has 23 heavy (non-hydrogen) atoms. The van der Waals surface area contributed by atoms with Crippen LogP contribution in [-0.2, 0) is 6.54 Å². The minimum atomic E-state index is -0.436. The molecule has 2 aromatic rings. The van der Waals surface area contributed by atoms with Crippen LogP contribution in [0.4, 0.5) is 4.79 Å². The summed E-state index contributed by atoms with van der Waals surface area (Å²) in [7, 11) is 0. The first kappa shape index (κ1) is 16.4. The molecule has 1 aliphatic rings. The predicted octanol–water partition coefficient (Wildman–Crippen LogP) is 2.37. The van der Waals surface area contributed by atoms with Gasteiger partial charge in [0.2, 0.25) is 0 Å². The van der Waals surface area contributed by atoms with E-state index in [4.69, 9.17) is 0 Å². The monoisotopic (exact) mass is 351 g/mol. The number of amides is 2. The topological polar surface area (TPSA) is 55.8 Å². The number of nitrogens with one attached hydrogen (secondary N) is 1. The van der Waals surface area contributed by atoms with Gasteiger partial charge in [0.15, 0.2) is 0 Å². The number of hydrogen-bond acceptors (Lipinski definition) is 5. The molecule has 0 radical (unpaired) electrons. The van der Waals surface area contributed by atoms with Crippen LogP contribution < -0.4 is 5.32 Å². The maximum Gasteiger partial charge on any atom is 0.317 e. The fourth-order valence-corrected chi connectivity index (χ4v) is 3.98. The molecule has 0 bridgehead atoms. The summed E-state index contributed by atoms with van der Waals surface area (Å²) in [5.41, 5.74) is 0. The van der Waals surface area contributed by atoms with Crippen molar-refractivity contribution in [2.45, 2.75) is 12.6 Å². The number of urea groups is 1. The molecule has 7 heteroatoms. The number of thiophene rings is 2. The molecule has 2 N–H and O–H groups in total. The maximum absolute atomic E-state index is 12.2. The largest absolute Gasteiger partial charge is 0.386 e. The fraction of sp³-hybridized carbons (Fsp3) is 0.438. The van der Waals surface area contributed by atoms with Gasteiger partial charge in [-0.15, -0.1) is 22.7 Å². The zero-order valence-electron chi connectivity index (χ0n) is 12.9. The SMILES string of the molecule is O=C(NCc1cccs1)N1CCN(C[C@@H](O)c2cccs2)CC1. The Balaban J connectivity index is 1.40. The second kappa shape index (κ2) is 7.92. The third-order valence-corrected chi connectivity index (χ3v) is 5.81. The van der Waals surface area contributed by atoms with Gasteiger partial charge in [-0.05, 0) is 22.9 Å². The minimum absolute atomic E-state index is 0.00291. The lowest BCUT2D eigenvalue weighted by Crippen LogP contribution is -2.52. The van der Waals surface area contributed by atoms with Crippen molar-refractivity contribution in [1.29, 1.82) is 0 Å². The van der Waals surface area contributed by atoms with Gasteiger partial charge in [-0.2, -0.15) is 0 Å². The summed E-state index contributed by atoms with van der Waals surface area (Å²) in [4.78, 5) is 18.4. The molecule has 2 amide bonds. The predicted molar refractivity (Wildman–Crippen MR) is 93.8 cm³/mol. The lowest BCUT2D eigenvalue weighted by atomic mass is 10.2. The molecular weight excluding hydrogens is 330 g/mol. The Morgan fingerprint density at radius 2 is 1.91 bits per heavy atom. The number of β-amino-alcohol motifs (C(OH)–C–C–N with tert-alkyl or cyclic N) is 1. The van der Waals surface area contributed by atoms with E-state index in [1.54, 1.807) is 22.7 Å². The number of piperazine rings is 1. The molecule has 0 aromatic carbocycles. The second-order valence-electron chi connectivity index (χ2n) is 5.56. The second-order valence-corrected chi connectivity index (χ2v) is 7.57. The van der Waals surface area contributed by atoms with Crippen LogP contribution in [-0.4, -0.2) is 53.7 Å². The molecule has 1 atom stereocenters. The van der Waals surface area contributed by atoms with Crippen LogP contribution in [0.5, 0.6) is 0 Å². The van der Waals surface area contributed by atoms with E-state index in [1.165, 1.54) is 0 Å². The van der Waals surface area contributed by atoms with Gasteiger partial charge in [0.1, 0.15) is 6.10 Å². The molecule has 1 aliphatic heterocycles. The molecule has 1 saturated heterocycles. The average Bonchev–Trinajstić information content (AvgIpc) is 3.26. The van der Waals surface area contributed by atoms with Gasteiger partial charge in [-0.3, -0.25) is 4.90 Å². The van der Waals surface area contributed by atoms with Crippen LogP contribution in [0, 0.1) is 0 Å². The van der Waals surface area contributed by atoms with E-state index in [-0.39, 0.29) is 6.03 Å². The van der Waals surface area contributed by atoms with Gasteiger partial charge in [-0.1, -0.05) is 12.1 Å². The van der Waals surface area contributed by atoms with E-state index in [0.717, 1.165) is 22.8 Å². The van der Waals surface area contributed by atoms with Crippen LogP contribution in [0.15, 0.2) is 35.0 Å². The number of carbonyl (C=O) groups excluding carboxylic acids is 1. The van der Waals surface area contributed by atoms with E-state index in [0.29, 0.717) is 26.2 Å². The van der Waals surface area contributed by atoms with Crippen LogP contribution in [0.25, 0.3) is 0 Å². The van der Waals surface area contributed by atoms with E-state index in [9.17, 15) is 9.90 Å². The number of nitrogens with zero attached hydrogens (tertiary/aromatic N) is 2. The van der Waals surface area contributed by atoms with E-state index >= 15 is 0 Å². The van der Waals surface area contributed by atoms with Crippen molar-refractivity contribution in [3.63, 3.8) is 0 Å². The van der Waals surface area contributed by atoms with Gasteiger partial charge < -0.3 is 15.3 Å². The van der Waals surface area contributed by atoms with Crippen LogP contribution >= 0.6 is 22.7 Å². The molecule has 124 valence electrons. The van der Waals surface area contributed by atoms with Gasteiger partial charge in [0.05, 0.1) is 6.54 Å². The Kier molecular flexibility index (Phi) is 5.66. The van der Waals surface area contributed by atoms with E-state index in [1.807, 2.05) is 39.9 Å². The fourth-order valence-electron chi connectivity index (χ4n) is 2.64. The van der Waals surface area contributed by atoms with Crippen molar-refractivity contribution in [3.05, 3.63) is 44.8 Å². The molecular formula is C16H21N3O2S2. The first-order valence-electron chi connectivity index (χ1n) is 7.71. The molecule has 3 rings (SSSR count). The number of aliphatic hydroxyl groups excluding tert-OH is 1. The van der Waals surface area contributed by atoms with Gasteiger partial charge in [0.25, 0.3) is 0 Å². The molecule has 0 saturated carbocycles. The number of aliphatic hydroxyl groups is 1. The van der Waals surface area contributed by atoms with Crippen LogP contribution in [0.2, 0.25) is 0 Å². The highest BCUT2D eigenvalue weighted by Gasteiger charge is 2.23. The summed E-state index contributed by atoms with van der Waals surface area (Å²) in [5.74, 6) is 0. The standard InChI is InChI=1S/C16H21N3O2S2/c20-14(15-4-2-10-23-15)12-18-5-7-19(8-6-18)16(21)17-11-13-3-1-9-22-13/h1-4,9-10,14,20H,5-8,11-12H2,(H,17,21)/t14-/m1/s1. The number of rotatable bonds is 5. The first-order valence-corrected chi connectivity index (χ1v) is 9.47. The molecule has 3 heterocycles. The summed E-state index contributed by atoms with van der Waals surface area (Å²) in [5, 5.41) is 17.2. The Bertz CT molecular complexity index is 593. The molecule has 5 nitrogen and oxygen atoms in total. The quantitative estimate of drug-likeness (QED) is 0.870. The zero-order chi connectivity index (χ0) is 16.1. The zero-order valence-corrected chi connectivity index (χ0v) is 14.5. The lowest BCUT2D eigenvalue weighted by molar-refractivity contribution is 0.0826. The summed E-state index contributed by atoms with van der Waals surface area (Å²) in [6.07, 6.45) is -0.436. The van der Waals surface area contributed by atoms with Crippen LogP contribution in [0.3, 0.4) is 0 Å². The van der Waals surface area contributed by atoms with Gasteiger partial charge in [0, 0.05) is 42.5 Å². The molecule has 2 aromatic heterocycles. The summed E-state index contributed by atoms with van der Waals surface area (Å²) in [6, 6.07) is 7.93. The van der Waals surface area contributed by atoms with Crippen molar-refractivity contribution < 1.29 is 9.90 Å². The van der Waals surface area contributed by atoms with E-state index in [2.05, 4.69) is 10.2 Å². The van der Waals surface area contributed by atoms with Crippen molar-refractivity contribution in [3.8, 4) is 0 Å². The summed E-state index contributed by atoms with van der Waals surface area (Å²) < 4.78 is 0. The van der Waals surface area contributed by atoms with Crippen molar-refractivity contribution in [2.24, 2.45) is 0 Å². The number of carbonyl (C=O) groups is 1. The summed E-state index contributed by atoms with van der Waals surface area (Å²) >= 11 is 3.23. The maximum atomic E-state index is 12.2. The van der Waals surface area contributed by atoms with Crippen molar-refractivity contribution >= 4 is 28.7 Å². The normalized spacial score (nSPS) is 17.2.